The van der Waals surface area contributed by atoms with E-state index in [1.807, 2.05) is 6.92 Å². The Balaban J connectivity index is 2.94. The molecule has 0 amide bonds. The molecule has 0 saturated carbocycles. The van der Waals surface area contributed by atoms with Gasteiger partial charge in [0.2, 0.25) is 0 Å². The highest BCUT2D eigenvalue weighted by atomic mass is 79.9. The van der Waals surface area contributed by atoms with Gasteiger partial charge in [-0.05, 0) is 32.4 Å². The molecule has 0 heterocycles. The third-order valence-electron chi connectivity index (χ3n) is 3.19. The zero-order valence-corrected chi connectivity index (χ0v) is 12.9. The maximum atomic E-state index is 13.8. The summed E-state index contributed by atoms with van der Waals surface area (Å²) in [6.07, 6.45) is 1.23. The fourth-order valence-corrected chi connectivity index (χ4v) is 2.48. The summed E-state index contributed by atoms with van der Waals surface area (Å²) < 4.78 is 14.5. The van der Waals surface area contributed by atoms with E-state index in [1.165, 1.54) is 6.07 Å². The van der Waals surface area contributed by atoms with Gasteiger partial charge in [0.25, 0.3) is 0 Å². The highest BCUT2D eigenvalue weighted by Gasteiger charge is 2.33. The first-order valence-electron chi connectivity index (χ1n) is 6.26. The molecule has 2 atom stereocenters. The summed E-state index contributed by atoms with van der Waals surface area (Å²) >= 11 is 3.20. The fourth-order valence-electron chi connectivity index (χ4n) is 2.15. The zero-order valence-electron chi connectivity index (χ0n) is 11.3. The Morgan fingerprint density at radius 3 is 2.68 bits per heavy atom. The van der Waals surface area contributed by atoms with Gasteiger partial charge in [-0.2, -0.15) is 0 Å². The van der Waals surface area contributed by atoms with Crippen molar-refractivity contribution in [3.8, 4) is 0 Å². The number of rotatable bonds is 6. The average Bonchev–Trinajstić information content (AvgIpc) is 2.28. The van der Waals surface area contributed by atoms with Crippen molar-refractivity contribution in [1.82, 2.24) is 5.32 Å². The summed E-state index contributed by atoms with van der Waals surface area (Å²) in [6, 6.07) is 4.41. The normalized spacial score (nSPS) is 15.8. The predicted molar refractivity (Wildman–Crippen MR) is 76.6 cm³/mol. The summed E-state index contributed by atoms with van der Waals surface area (Å²) in [5.41, 5.74) is -0.583. The van der Waals surface area contributed by atoms with Crippen LogP contribution in [-0.2, 0) is 4.79 Å². The highest BCUT2D eigenvalue weighted by Crippen LogP contribution is 2.24. The van der Waals surface area contributed by atoms with E-state index in [9.17, 15) is 14.3 Å². The van der Waals surface area contributed by atoms with Crippen LogP contribution >= 0.6 is 15.9 Å². The Hall–Kier alpha value is -0.940. The van der Waals surface area contributed by atoms with Crippen LogP contribution in [0, 0.1) is 5.82 Å². The molecule has 0 spiro atoms. The molecule has 0 saturated heterocycles. The number of carbonyl (C=O) groups is 1. The van der Waals surface area contributed by atoms with Crippen LogP contribution in [0.1, 0.15) is 45.2 Å². The van der Waals surface area contributed by atoms with E-state index in [2.05, 4.69) is 21.2 Å². The number of nitrogens with one attached hydrogen (secondary N) is 1. The van der Waals surface area contributed by atoms with Crippen molar-refractivity contribution in [2.24, 2.45) is 0 Å². The van der Waals surface area contributed by atoms with Crippen LogP contribution in [0.2, 0.25) is 0 Å². The second kappa shape index (κ2) is 6.48. The number of carboxylic acid groups (broad SMARTS) is 1. The lowest BCUT2D eigenvalue weighted by Gasteiger charge is -2.30. The molecular weight excluding hydrogens is 313 g/mol. The molecule has 1 rings (SSSR count). The third-order valence-corrected chi connectivity index (χ3v) is 3.68. The van der Waals surface area contributed by atoms with Crippen LogP contribution in [0.3, 0.4) is 0 Å². The Kier molecular flexibility index (Phi) is 5.50. The zero-order chi connectivity index (χ0) is 14.6. The van der Waals surface area contributed by atoms with Gasteiger partial charge in [-0.25, -0.2) is 4.39 Å². The molecule has 5 heteroatoms. The summed E-state index contributed by atoms with van der Waals surface area (Å²) in [5.74, 6) is -1.27. The molecule has 0 aliphatic rings. The van der Waals surface area contributed by atoms with E-state index in [4.69, 9.17) is 0 Å². The van der Waals surface area contributed by atoms with Crippen molar-refractivity contribution in [2.45, 2.75) is 45.2 Å². The SMILES string of the molecule is CCCC(C)(NC(C)c1ccc(Br)cc1F)C(=O)O. The van der Waals surface area contributed by atoms with Gasteiger partial charge >= 0.3 is 5.97 Å². The molecule has 0 aliphatic carbocycles. The van der Waals surface area contributed by atoms with E-state index in [-0.39, 0.29) is 11.9 Å². The van der Waals surface area contributed by atoms with Crippen molar-refractivity contribution in [3.63, 3.8) is 0 Å². The minimum Gasteiger partial charge on any atom is -0.480 e. The van der Waals surface area contributed by atoms with Crippen molar-refractivity contribution < 1.29 is 14.3 Å². The standard InChI is InChI=1S/C14H19BrFNO2/c1-4-7-14(3,13(18)19)17-9(2)11-6-5-10(15)8-12(11)16/h5-6,8-9,17H,4,7H2,1-3H3,(H,18,19). The number of aliphatic carboxylic acids is 1. The van der Waals surface area contributed by atoms with Crippen LogP contribution in [0.4, 0.5) is 4.39 Å². The first-order valence-corrected chi connectivity index (χ1v) is 7.05. The number of hydrogen-bond acceptors (Lipinski definition) is 2. The van der Waals surface area contributed by atoms with Crippen LogP contribution in [-0.4, -0.2) is 16.6 Å². The molecule has 1 aromatic rings. The maximum Gasteiger partial charge on any atom is 0.323 e. The lowest BCUT2D eigenvalue weighted by atomic mass is 9.94. The molecular formula is C14H19BrFNO2. The van der Waals surface area contributed by atoms with Crippen molar-refractivity contribution >= 4 is 21.9 Å². The topological polar surface area (TPSA) is 49.3 Å². The molecule has 0 aromatic heterocycles. The highest BCUT2D eigenvalue weighted by molar-refractivity contribution is 9.10. The van der Waals surface area contributed by atoms with E-state index in [0.29, 0.717) is 16.5 Å². The van der Waals surface area contributed by atoms with Gasteiger partial charge in [0, 0.05) is 16.1 Å². The number of hydrogen-bond donors (Lipinski definition) is 2. The van der Waals surface area contributed by atoms with Crippen LogP contribution in [0.15, 0.2) is 22.7 Å². The second-order valence-corrected chi connectivity index (χ2v) is 5.83. The first kappa shape index (κ1) is 16.1. The van der Waals surface area contributed by atoms with Crippen LogP contribution in [0.5, 0.6) is 0 Å². The molecule has 0 bridgehead atoms. The quantitative estimate of drug-likeness (QED) is 0.831. The van der Waals surface area contributed by atoms with E-state index in [0.717, 1.165) is 6.42 Å². The summed E-state index contributed by atoms with van der Waals surface area (Å²) in [5, 5.41) is 12.3. The molecule has 1 aromatic carbocycles. The molecule has 3 nitrogen and oxygen atoms in total. The van der Waals surface area contributed by atoms with E-state index >= 15 is 0 Å². The van der Waals surface area contributed by atoms with Gasteiger partial charge < -0.3 is 5.11 Å². The van der Waals surface area contributed by atoms with Gasteiger partial charge in [-0.15, -0.1) is 0 Å². The smallest absolute Gasteiger partial charge is 0.323 e. The van der Waals surface area contributed by atoms with E-state index in [1.54, 1.807) is 26.0 Å². The molecule has 0 fully saturated rings. The first-order chi connectivity index (χ1) is 8.80. The number of carboxylic acids is 1. The summed E-state index contributed by atoms with van der Waals surface area (Å²) in [6.45, 7) is 5.32. The Morgan fingerprint density at radius 2 is 2.21 bits per heavy atom. The second-order valence-electron chi connectivity index (χ2n) is 4.92. The number of halogens is 2. The minimum atomic E-state index is -1.05. The van der Waals surface area contributed by atoms with Gasteiger partial charge in [-0.3, -0.25) is 10.1 Å². The van der Waals surface area contributed by atoms with Crippen molar-refractivity contribution in [2.75, 3.05) is 0 Å². The van der Waals surface area contributed by atoms with Gasteiger partial charge in [0.05, 0.1) is 0 Å². The van der Waals surface area contributed by atoms with Crippen molar-refractivity contribution in [3.05, 3.63) is 34.1 Å². The number of benzene rings is 1. The maximum absolute atomic E-state index is 13.8. The van der Waals surface area contributed by atoms with Gasteiger partial charge in [0.15, 0.2) is 0 Å². The Bertz CT molecular complexity index is 467. The molecule has 0 radical (unpaired) electrons. The lowest BCUT2D eigenvalue weighted by molar-refractivity contribution is -0.144. The molecule has 106 valence electrons. The van der Waals surface area contributed by atoms with Gasteiger partial charge in [0.1, 0.15) is 11.4 Å². The van der Waals surface area contributed by atoms with Crippen LogP contribution in [0.25, 0.3) is 0 Å². The largest absolute Gasteiger partial charge is 0.480 e. The minimum absolute atomic E-state index is 0.349. The van der Waals surface area contributed by atoms with Crippen molar-refractivity contribution in [1.29, 1.82) is 0 Å². The fraction of sp³-hybridized carbons (Fsp3) is 0.500. The molecule has 2 unspecified atom stereocenters. The lowest BCUT2D eigenvalue weighted by Crippen LogP contribution is -2.50. The molecule has 19 heavy (non-hydrogen) atoms. The summed E-state index contributed by atoms with van der Waals surface area (Å²) in [7, 11) is 0. The third kappa shape index (κ3) is 4.01. The Morgan fingerprint density at radius 1 is 1.58 bits per heavy atom. The Labute approximate surface area is 121 Å². The predicted octanol–water partition coefficient (Wildman–Crippen LogP) is 3.88. The average molecular weight is 332 g/mol. The monoisotopic (exact) mass is 331 g/mol. The summed E-state index contributed by atoms with van der Waals surface area (Å²) in [4.78, 5) is 11.4. The van der Waals surface area contributed by atoms with E-state index < -0.39 is 11.5 Å². The molecule has 0 aliphatic heterocycles. The van der Waals surface area contributed by atoms with Crippen LogP contribution < -0.4 is 5.32 Å². The van der Waals surface area contributed by atoms with Gasteiger partial charge in [-0.1, -0.05) is 35.3 Å². The molecule has 2 N–H and O–H groups in total.